The summed E-state index contributed by atoms with van der Waals surface area (Å²) in [5.41, 5.74) is 6.46. The van der Waals surface area contributed by atoms with Crippen LogP contribution in [0.15, 0.2) is 24.3 Å². The number of hydrogen-bond donors (Lipinski definition) is 1. The zero-order valence-corrected chi connectivity index (χ0v) is 9.11. The van der Waals surface area contributed by atoms with Gasteiger partial charge in [-0.05, 0) is 30.9 Å². The van der Waals surface area contributed by atoms with Gasteiger partial charge in [-0.1, -0.05) is 25.3 Å². The fraction of sp³-hybridized carbons (Fsp3) is 0.538. The summed E-state index contributed by atoms with van der Waals surface area (Å²) in [5.74, 6) is 1.65. The second-order valence-electron chi connectivity index (χ2n) is 4.39. The molecule has 0 unspecified atom stereocenters. The normalized spacial score (nSPS) is 17.6. The Hall–Kier alpha value is -1.18. The fourth-order valence-corrected chi connectivity index (χ4v) is 2.17. The molecular formula is C13H19NO. The first kappa shape index (κ1) is 10.3. The molecule has 2 heteroatoms. The lowest BCUT2D eigenvalue weighted by Crippen LogP contribution is -2.15. The summed E-state index contributed by atoms with van der Waals surface area (Å²) in [5, 5.41) is 0. The third-order valence-corrected chi connectivity index (χ3v) is 3.07. The predicted molar refractivity (Wildman–Crippen MR) is 62.9 cm³/mol. The minimum absolute atomic E-state index is 0.750. The quantitative estimate of drug-likeness (QED) is 0.769. The molecule has 0 saturated heterocycles. The maximum Gasteiger partial charge on any atom is 0.121 e. The first-order valence-electron chi connectivity index (χ1n) is 5.83. The lowest BCUT2D eigenvalue weighted by atomic mass is 9.90. The number of hydrogen-bond acceptors (Lipinski definition) is 2. The second kappa shape index (κ2) is 5.06. The van der Waals surface area contributed by atoms with Crippen LogP contribution in [0.2, 0.25) is 0 Å². The Kier molecular flexibility index (Phi) is 3.49. The highest BCUT2D eigenvalue weighted by atomic mass is 16.5. The van der Waals surface area contributed by atoms with Crippen molar-refractivity contribution in [2.24, 2.45) is 5.92 Å². The topological polar surface area (TPSA) is 35.2 Å². The van der Waals surface area contributed by atoms with Crippen LogP contribution in [0, 0.1) is 5.92 Å². The predicted octanol–water partition coefficient (Wildman–Crippen LogP) is 3.23. The van der Waals surface area contributed by atoms with E-state index in [1.54, 1.807) is 0 Å². The van der Waals surface area contributed by atoms with Crippen molar-refractivity contribution in [1.29, 1.82) is 0 Å². The summed E-state index contributed by atoms with van der Waals surface area (Å²) in [6, 6.07) is 7.68. The highest BCUT2D eigenvalue weighted by molar-refractivity contribution is 5.43. The van der Waals surface area contributed by atoms with Gasteiger partial charge in [-0.25, -0.2) is 0 Å². The molecule has 0 heterocycles. The van der Waals surface area contributed by atoms with Gasteiger partial charge in [0.1, 0.15) is 5.75 Å². The summed E-state index contributed by atoms with van der Waals surface area (Å²) in [7, 11) is 0. The van der Waals surface area contributed by atoms with E-state index < -0.39 is 0 Å². The third-order valence-electron chi connectivity index (χ3n) is 3.07. The Morgan fingerprint density at radius 3 is 2.73 bits per heavy atom. The first-order chi connectivity index (χ1) is 7.34. The Bertz CT molecular complexity index is 305. The zero-order valence-electron chi connectivity index (χ0n) is 9.11. The monoisotopic (exact) mass is 205 g/mol. The molecule has 1 aliphatic rings. The smallest absolute Gasteiger partial charge is 0.121 e. The van der Waals surface area contributed by atoms with Gasteiger partial charge in [0, 0.05) is 11.8 Å². The van der Waals surface area contributed by atoms with E-state index in [1.807, 2.05) is 24.3 Å². The van der Waals surface area contributed by atoms with Crippen LogP contribution in [-0.2, 0) is 0 Å². The van der Waals surface area contributed by atoms with Crippen LogP contribution in [0.3, 0.4) is 0 Å². The van der Waals surface area contributed by atoms with E-state index in [2.05, 4.69) is 0 Å². The van der Waals surface area contributed by atoms with E-state index in [9.17, 15) is 0 Å². The zero-order chi connectivity index (χ0) is 10.5. The van der Waals surface area contributed by atoms with Crippen molar-refractivity contribution < 1.29 is 4.74 Å². The number of rotatable bonds is 3. The van der Waals surface area contributed by atoms with Gasteiger partial charge in [0.15, 0.2) is 0 Å². The third kappa shape index (κ3) is 3.15. The number of nitrogen functional groups attached to an aromatic ring is 1. The van der Waals surface area contributed by atoms with Gasteiger partial charge in [-0.15, -0.1) is 0 Å². The standard InChI is InChI=1S/C13H19NO/c14-12-7-4-8-13(9-12)15-10-11-5-2-1-3-6-11/h4,7-9,11H,1-3,5-6,10,14H2. The molecule has 2 N–H and O–H groups in total. The van der Waals surface area contributed by atoms with Gasteiger partial charge >= 0.3 is 0 Å². The Balaban J connectivity index is 1.81. The van der Waals surface area contributed by atoms with Gasteiger partial charge in [0.2, 0.25) is 0 Å². The first-order valence-corrected chi connectivity index (χ1v) is 5.83. The van der Waals surface area contributed by atoms with Crippen LogP contribution >= 0.6 is 0 Å². The van der Waals surface area contributed by atoms with E-state index in [0.717, 1.165) is 24.0 Å². The maximum atomic E-state index is 5.75. The molecule has 0 radical (unpaired) electrons. The molecule has 1 aliphatic carbocycles. The summed E-state index contributed by atoms with van der Waals surface area (Å²) in [6.45, 7) is 0.851. The van der Waals surface area contributed by atoms with Gasteiger partial charge in [-0.2, -0.15) is 0 Å². The van der Waals surface area contributed by atoms with E-state index in [1.165, 1.54) is 32.1 Å². The lowest BCUT2D eigenvalue weighted by Gasteiger charge is -2.21. The molecule has 0 aromatic heterocycles. The van der Waals surface area contributed by atoms with Crippen molar-refractivity contribution in [3.8, 4) is 5.75 Å². The molecule has 82 valence electrons. The van der Waals surface area contributed by atoms with Crippen molar-refractivity contribution in [3.05, 3.63) is 24.3 Å². The minimum Gasteiger partial charge on any atom is -0.493 e. The SMILES string of the molecule is Nc1cccc(OCC2CCCCC2)c1. The number of benzene rings is 1. The largest absolute Gasteiger partial charge is 0.493 e. The fourth-order valence-electron chi connectivity index (χ4n) is 2.17. The van der Waals surface area contributed by atoms with E-state index in [0.29, 0.717) is 0 Å². The molecule has 0 atom stereocenters. The molecule has 1 aromatic rings. The highest BCUT2D eigenvalue weighted by Gasteiger charge is 2.13. The Labute approximate surface area is 91.4 Å². The molecule has 15 heavy (non-hydrogen) atoms. The summed E-state index contributed by atoms with van der Waals surface area (Å²) in [6.07, 6.45) is 6.77. The molecule has 0 spiro atoms. The van der Waals surface area contributed by atoms with Gasteiger partial charge in [-0.3, -0.25) is 0 Å². The summed E-state index contributed by atoms with van der Waals surface area (Å²) >= 11 is 0. The van der Waals surface area contributed by atoms with Gasteiger partial charge in [0.25, 0.3) is 0 Å². The average Bonchev–Trinajstić information content (AvgIpc) is 2.28. The molecule has 1 fully saturated rings. The minimum atomic E-state index is 0.750. The molecule has 0 aliphatic heterocycles. The van der Waals surface area contributed by atoms with E-state index in [4.69, 9.17) is 10.5 Å². The number of nitrogens with two attached hydrogens (primary N) is 1. The van der Waals surface area contributed by atoms with Gasteiger partial charge in [0.05, 0.1) is 6.61 Å². The maximum absolute atomic E-state index is 5.75. The molecule has 2 rings (SSSR count). The number of anilines is 1. The molecule has 1 saturated carbocycles. The van der Waals surface area contributed by atoms with Gasteiger partial charge < -0.3 is 10.5 Å². The molecular weight excluding hydrogens is 186 g/mol. The molecule has 0 bridgehead atoms. The van der Waals surface area contributed by atoms with Crippen LogP contribution < -0.4 is 10.5 Å². The Morgan fingerprint density at radius 1 is 1.20 bits per heavy atom. The van der Waals surface area contributed by atoms with Crippen molar-refractivity contribution in [2.75, 3.05) is 12.3 Å². The molecule has 2 nitrogen and oxygen atoms in total. The van der Waals surface area contributed by atoms with Crippen LogP contribution in [0.5, 0.6) is 5.75 Å². The summed E-state index contributed by atoms with van der Waals surface area (Å²) < 4.78 is 5.75. The van der Waals surface area contributed by atoms with Crippen molar-refractivity contribution in [1.82, 2.24) is 0 Å². The van der Waals surface area contributed by atoms with Crippen LogP contribution in [0.4, 0.5) is 5.69 Å². The molecule has 1 aromatic carbocycles. The van der Waals surface area contributed by atoms with Crippen LogP contribution in [-0.4, -0.2) is 6.61 Å². The number of ether oxygens (including phenoxy) is 1. The average molecular weight is 205 g/mol. The highest BCUT2D eigenvalue weighted by Crippen LogP contribution is 2.24. The van der Waals surface area contributed by atoms with Crippen molar-refractivity contribution in [2.45, 2.75) is 32.1 Å². The second-order valence-corrected chi connectivity index (χ2v) is 4.39. The van der Waals surface area contributed by atoms with Crippen LogP contribution in [0.25, 0.3) is 0 Å². The Morgan fingerprint density at radius 2 is 2.00 bits per heavy atom. The summed E-state index contributed by atoms with van der Waals surface area (Å²) in [4.78, 5) is 0. The van der Waals surface area contributed by atoms with Crippen LogP contribution in [0.1, 0.15) is 32.1 Å². The van der Waals surface area contributed by atoms with Crippen molar-refractivity contribution in [3.63, 3.8) is 0 Å². The molecule has 0 amide bonds. The van der Waals surface area contributed by atoms with Crippen molar-refractivity contribution >= 4 is 5.69 Å². The lowest BCUT2D eigenvalue weighted by molar-refractivity contribution is 0.209. The van der Waals surface area contributed by atoms with E-state index in [-0.39, 0.29) is 0 Å². The van der Waals surface area contributed by atoms with E-state index >= 15 is 0 Å².